The largest absolute Gasteiger partial charge is 0.349 e. The average molecular weight is 306 g/mol. The molecule has 2 aromatic carbocycles. The van der Waals surface area contributed by atoms with E-state index in [9.17, 15) is 0 Å². The van der Waals surface area contributed by atoms with Crippen molar-refractivity contribution in [2.75, 3.05) is 11.4 Å². The van der Waals surface area contributed by atoms with Crippen LogP contribution >= 0.6 is 0 Å². The SMILES string of the molecule is Cc1cc(C)c(C)c(N2C3CCN(Cc4ccccc43)[C@@H]2C)c1. The predicted octanol–water partition coefficient (Wildman–Crippen LogP) is 4.72. The lowest BCUT2D eigenvalue weighted by Crippen LogP contribution is -2.51. The summed E-state index contributed by atoms with van der Waals surface area (Å²) in [5.74, 6) is 0. The van der Waals surface area contributed by atoms with Crippen LogP contribution in [0, 0.1) is 20.8 Å². The molecule has 0 radical (unpaired) electrons. The van der Waals surface area contributed by atoms with Crippen LogP contribution in [0.2, 0.25) is 0 Å². The van der Waals surface area contributed by atoms with Crippen LogP contribution in [0.5, 0.6) is 0 Å². The van der Waals surface area contributed by atoms with Crippen LogP contribution in [0.1, 0.15) is 47.2 Å². The number of hydrogen-bond acceptors (Lipinski definition) is 2. The van der Waals surface area contributed by atoms with Crippen molar-refractivity contribution in [3.63, 3.8) is 0 Å². The molecule has 3 aliphatic rings. The number of fused-ring (bicyclic) bond motifs is 2. The molecular weight excluding hydrogens is 280 g/mol. The Morgan fingerprint density at radius 1 is 1.04 bits per heavy atom. The van der Waals surface area contributed by atoms with E-state index in [2.05, 4.69) is 73.9 Å². The summed E-state index contributed by atoms with van der Waals surface area (Å²) < 4.78 is 0. The van der Waals surface area contributed by atoms with Crippen molar-refractivity contribution in [2.45, 2.75) is 52.9 Å². The van der Waals surface area contributed by atoms with Gasteiger partial charge in [0.05, 0.1) is 12.2 Å². The number of nitrogens with zero attached hydrogens (tertiary/aromatic N) is 2. The quantitative estimate of drug-likeness (QED) is 0.752. The van der Waals surface area contributed by atoms with Gasteiger partial charge < -0.3 is 4.90 Å². The Labute approximate surface area is 139 Å². The van der Waals surface area contributed by atoms with Crippen molar-refractivity contribution in [1.82, 2.24) is 4.90 Å². The standard InChI is InChI=1S/C21H26N2/c1-14-11-15(2)16(3)21(12-14)23-17(4)22-10-9-20(23)19-8-6-5-7-18(19)13-22/h5-8,11-12,17,20H,9-10,13H2,1-4H3/t17-,20?/m0/s1. The van der Waals surface area contributed by atoms with Gasteiger partial charge in [-0.15, -0.1) is 0 Å². The fourth-order valence-electron chi connectivity index (χ4n) is 4.44. The zero-order valence-electron chi connectivity index (χ0n) is 14.6. The lowest BCUT2D eigenvalue weighted by atomic mass is 9.95. The Balaban J connectivity index is 1.89. The smallest absolute Gasteiger partial charge is 0.0801 e. The normalized spacial score (nSPS) is 26.1. The number of hydrogen-bond donors (Lipinski definition) is 0. The molecule has 0 spiro atoms. The second-order valence-electron chi connectivity index (χ2n) is 7.24. The topological polar surface area (TPSA) is 6.48 Å². The molecule has 2 nitrogen and oxygen atoms in total. The first-order valence-electron chi connectivity index (χ1n) is 8.74. The van der Waals surface area contributed by atoms with E-state index < -0.39 is 0 Å². The molecule has 0 aromatic heterocycles. The van der Waals surface area contributed by atoms with Gasteiger partial charge in [-0.2, -0.15) is 0 Å². The summed E-state index contributed by atoms with van der Waals surface area (Å²) in [6.07, 6.45) is 1.66. The van der Waals surface area contributed by atoms with E-state index >= 15 is 0 Å². The van der Waals surface area contributed by atoms with Crippen LogP contribution in [0.15, 0.2) is 36.4 Å². The van der Waals surface area contributed by atoms with Gasteiger partial charge in [-0.1, -0.05) is 30.3 Å². The molecule has 120 valence electrons. The maximum Gasteiger partial charge on any atom is 0.0801 e. The monoisotopic (exact) mass is 306 g/mol. The second-order valence-corrected chi connectivity index (χ2v) is 7.24. The highest BCUT2D eigenvalue weighted by molar-refractivity contribution is 5.61. The number of aryl methyl sites for hydroxylation is 2. The van der Waals surface area contributed by atoms with Crippen molar-refractivity contribution < 1.29 is 0 Å². The minimum atomic E-state index is 0.445. The van der Waals surface area contributed by atoms with E-state index in [4.69, 9.17) is 0 Å². The van der Waals surface area contributed by atoms with E-state index in [0.29, 0.717) is 12.2 Å². The zero-order chi connectivity index (χ0) is 16.1. The van der Waals surface area contributed by atoms with Crippen molar-refractivity contribution in [3.8, 4) is 0 Å². The molecule has 1 fully saturated rings. The van der Waals surface area contributed by atoms with Crippen molar-refractivity contribution in [2.24, 2.45) is 0 Å². The van der Waals surface area contributed by atoms with Gasteiger partial charge in [0.2, 0.25) is 0 Å². The van der Waals surface area contributed by atoms with Crippen LogP contribution < -0.4 is 4.90 Å². The fourth-order valence-corrected chi connectivity index (χ4v) is 4.44. The van der Waals surface area contributed by atoms with Gasteiger partial charge in [-0.05, 0) is 68.0 Å². The van der Waals surface area contributed by atoms with E-state index in [-0.39, 0.29) is 0 Å². The van der Waals surface area contributed by atoms with Crippen LogP contribution in [0.4, 0.5) is 5.69 Å². The molecule has 3 aliphatic heterocycles. The lowest BCUT2D eigenvalue weighted by Gasteiger charge is -2.47. The van der Waals surface area contributed by atoms with Gasteiger partial charge in [0.1, 0.15) is 0 Å². The van der Waals surface area contributed by atoms with Crippen LogP contribution in [-0.4, -0.2) is 17.6 Å². The van der Waals surface area contributed by atoms with Gasteiger partial charge in [0, 0.05) is 18.8 Å². The first kappa shape index (κ1) is 14.8. The second kappa shape index (κ2) is 5.38. The van der Waals surface area contributed by atoms with Gasteiger partial charge in [0.15, 0.2) is 0 Å². The Morgan fingerprint density at radius 3 is 2.65 bits per heavy atom. The van der Waals surface area contributed by atoms with Gasteiger partial charge in [-0.25, -0.2) is 0 Å². The Morgan fingerprint density at radius 2 is 1.83 bits per heavy atom. The molecule has 1 saturated heterocycles. The van der Waals surface area contributed by atoms with Gasteiger partial charge >= 0.3 is 0 Å². The highest BCUT2D eigenvalue weighted by Gasteiger charge is 2.38. The third-order valence-corrected chi connectivity index (χ3v) is 5.81. The summed E-state index contributed by atoms with van der Waals surface area (Å²) in [5.41, 5.74) is 8.63. The Bertz CT molecular complexity index is 750. The molecule has 2 aromatic rings. The average Bonchev–Trinajstić information content (AvgIpc) is 2.78. The summed E-state index contributed by atoms with van der Waals surface area (Å²) in [5, 5.41) is 0. The molecule has 3 heterocycles. The molecule has 0 amide bonds. The van der Waals surface area contributed by atoms with Crippen molar-refractivity contribution >= 4 is 5.69 Å². The highest BCUT2D eigenvalue weighted by Crippen LogP contribution is 2.43. The summed E-state index contributed by atoms with van der Waals surface area (Å²) >= 11 is 0. The highest BCUT2D eigenvalue weighted by atomic mass is 15.4. The molecule has 2 unspecified atom stereocenters. The van der Waals surface area contributed by atoms with Crippen molar-refractivity contribution in [1.29, 1.82) is 0 Å². The first-order chi connectivity index (χ1) is 11.1. The summed E-state index contributed by atoms with van der Waals surface area (Å²) in [6.45, 7) is 11.4. The van der Waals surface area contributed by atoms with Gasteiger partial charge in [-0.3, -0.25) is 4.90 Å². The summed E-state index contributed by atoms with van der Waals surface area (Å²) in [4.78, 5) is 5.30. The number of anilines is 1. The van der Waals surface area contributed by atoms with Crippen LogP contribution in [0.25, 0.3) is 0 Å². The molecule has 2 heteroatoms. The molecule has 3 atom stereocenters. The lowest BCUT2D eigenvalue weighted by molar-refractivity contribution is 0.154. The number of rotatable bonds is 1. The fraction of sp³-hybridized carbons (Fsp3) is 0.429. The van der Waals surface area contributed by atoms with E-state index in [1.54, 1.807) is 0 Å². The zero-order valence-corrected chi connectivity index (χ0v) is 14.6. The van der Waals surface area contributed by atoms with Crippen molar-refractivity contribution in [3.05, 3.63) is 64.2 Å². The molecular formula is C21H26N2. The Kier molecular flexibility index (Phi) is 3.46. The molecule has 5 rings (SSSR count). The third kappa shape index (κ3) is 2.28. The molecule has 0 N–H and O–H groups in total. The molecule has 0 saturated carbocycles. The minimum absolute atomic E-state index is 0.445. The molecule has 2 bridgehead atoms. The van der Waals surface area contributed by atoms with Gasteiger partial charge in [0.25, 0.3) is 0 Å². The minimum Gasteiger partial charge on any atom is -0.349 e. The maximum atomic E-state index is 2.67. The molecule has 0 aliphatic carbocycles. The summed E-state index contributed by atoms with van der Waals surface area (Å²) in [6, 6.07) is 14.2. The molecule has 23 heavy (non-hydrogen) atoms. The van der Waals surface area contributed by atoms with E-state index in [0.717, 1.165) is 6.54 Å². The first-order valence-corrected chi connectivity index (χ1v) is 8.74. The van der Waals surface area contributed by atoms with Crippen LogP contribution in [-0.2, 0) is 6.54 Å². The third-order valence-electron chi connectivity index (χ3n) is 5.81. The predicted molar refractivity (Wildman–Crippen MR) is 96.8 cm³/mol. The summed E-state index contributed by atoms with van der Waals surface area (Å²) in [7, 11) is 0. The van der Waals surface area contributed by atoms with E-state index in [1.165, 1.54) is 46.5 Å². The maximum absolute atomic E-state index is 2.67. The van der Waals surface area contributed by atoms with Crippen LogP contribution in [0.3, 0.4) is 0 Å². The number of benzene rings is 2. The Hall–Kier alpha value is -1.80. The van der Waals surface area contributed by atoms with E-state index in [1.807, 2.05) is 0 Å².